The Morgan fingerprint density at radius 2 is 2.10 bits per heavy atom. The molecule has 0 amide bonds. The van der Waals surface area contributed by atoms with E-state index in [0.717, 1.165) is 22.5 Å². The highest BCUT2D eigenvalue weighted by atomic mass is 79.9. The van der Waals surface area contributed by atoms with Crippen molar-refractivity contribution in [1.29, 1.82) is 0 Å². The summed E-state index contributed by atoms with van der Waals surface area (Å²) < 4.78 is 1.12. The minimum absolute atomic E-state index is 0.597. The van der Waals surface area contributed by atoms with Gasteiger partial charge in [0.15, 0.2) is 0 Å². The highest BCUT2D eigenvalue weighted by molar-refractivity contribution is 9.10. The highest BCUT2D eigenvalue weighted by Gasteiger charge is 2.21. The predicted octanol–water partition coefficient (Wildman–Crippen LogP) is 4.67. The van der Waals surface area contributed by atoms with Crippen LogP contribution in [0.4, 0.5) is 0 Å². The van der Waals surface area contributed by atoms with Crippen LogP contribution >= 0.6 is 15.9 Å². The summed E-state index contributed by atoms with van der Waals surface area (Å²) >= 11 is 3.60. The van der Waals surface area contributed by atoms with E-state index in [4.69, 9.17) is 0 Å². The van der Waals surface area contributed by atoms with Crippen molar-refractivity contribution in [2.75, 3.05) is 0 Å². The topological polar surface area (TPSA) is 24.9 Å². The Morgan fingerprint density at radius 3 is 2.90 bits per heavy atom. The van der Waals surface area contributed by atoms with E-state index in [1.54, 1.807) is 0 Å². The monoisotopic (exact) mass is 332 g/mol. The molecule has 1 fully saturated rings. The van der Waals surface area contributed by atoms with Gasteiger partial charge in [-0.2, -0.15) is 0 Å². The Morgan fingerprint density at radius 1 is 1.30 bits per heavy atom. The lowest BCUT2D eigenvalue weighted by molar-refractivity contribution is 0.381. The molecular formula is C17H21BrN2. The molecule has 1 heterocycles. The standard InChI is InChI=1S/C17H21BrN2/c1-12(13-5-2-3-6-13)20-11-14-8-9-16(18)15-7-4-10-19-17(14)15/h4,7-10,12-13,20H,2-3,5-6,11H2,1H3/t12-/m1/s1. The van der Waals surface area contributed by atoms with E-state index in [-0.39, 0.29) is 0 Å². The second-order valence-electron chi connectivity index (χ2n) is 5.82. The van der Waals surface area contributed by atoms with Crippen LogP contribution in [0, 0.1) is 5.92 Å². The van der Waals surface area contributed by atoms with Crippen molar-refractivity contribution in [2.45, 2.75) is 45.2 Å². The van der Waals surface area contributed by atoms with Crippen molar-refractivity contribution in [2.24, 2.45) is 5.92 Å². The fourth-order valence-corrected chi connectivity index (χ4v) is 3.69. The zero-order chi connectivity index (χ0) is 13.9. The molecule has 1 aliphatic rings. The molecule has 20 heavy (non-hydrogen) atoms. The number of rotatable bonds is 4. The molecule has 0 spiro atoms. The maximum atomic E-state index is 4.55. The van der Waals surface area contributed by atoms with Crippen molar-refractivity contribution in [3.63, 3.8) is 0 Å². The molecule has 0 radical (unpaired) electrons. The minimum atomic E-state index is 0.597. The van der Waals surface area contributed by atoms with Crippen molar-refractivity contribution in [3.05, 3.63) is 40.5 Å². The van der Waals surface area contributed by atoms with E-state index < -0.39 is 0 Å². The van der Waals surface area contributed by atoms with Crippen LogP contribution in [0.3, 0.4) is 0 Å². The Kier molecular flexibility index (Phi) is 4.37. The summed E-state index contributed by atoms with van der Waals surface area (Å²) in [6.07, 6.45) is 7.44. The van der Waals surface area contributed by atoms with Gasteiger partial charge in [0.05, 0.1) is 5.52 Å². The lowest BCUT2D eigenvalue weighted by Gasteiger charge is -2.20. The van der Waals surface area contributed by atoms with Gasteiger partial charge in [-0.15, -0.1) is 0 Å². The first kappa shape index (κ1) is 14.0. The number of halogens is 1. The van der Waals surface area contributed by atoms with Crippen LogP contribution in [0.1, 0.15) is 38.2 Å². The third-order valence-corrected chi connectivity index (χ3v) is 5.21. The molecule has 0 saturated heterocycles. The van der Waals surface area contributed by atoms with Crippen LogP contribution in [-0.4, -0.2) is 11.0 Å². The number of aromatic nitrogens is 1. The molecule has 0 aliphatic heterocycles. The van der Waals surface area contributed by atoms with E-state index in [1.807, 2.05) is 12.3 Å². The molecule has 3 rings (SSSR count). The summed E-state index contributed by atoms with van der Waals surface area (Å²) in [5.74, 6) is 0.852. The zero-order valence-electron chi connectivity index (χ0n) is 11.9. The van der Waals surface area contributed by atoms with E-state index in [0.29, 0.717) is 6.04 Å². The summed E-state index contributed by atoms with van der Waals surface area (Å²) in [4.78, 5) is 4.55. The molecule has 1 saturated carbocycles. The minimum Gasteiger partial charge on any atom is -0.310 e. The largest absolute Gasteiger partial charge is 0.310 e. The van der Waals surface area contributed by atoms with Gasteiger partial charge in [-0.1, -0.05) is 40.9 Å². The second-order valence-corrected chi connectivity index (χ2v) is 6.67. The average molecular weight is 333 g/mol. The van der Waals surface area contributed by atoms with E-state index in [9.17, 15) is 0 Å². The predicted molar refractivity (Wildman–Crippen MR) is 87.7 cm³/mol. The van der Waals surface area contributed by atoms with Crippen molar-refractivity contribution in [3.8, 4) is 0 Å². The number of nitrogens with one attached hydrogen (secondary N) is 1. The Labute approximate surface area is 129 Å². The van der Waals surface area contributed by atoms with E-state index >= 15 is 0 Å². The molecular weight excluding hydrogens is 312 g/mol. The first-order valence-corrected chi connectivity index (χ1v) is 8.30. The fourth-order valence-electron chi connectivity index (χ4n) is 3.23. The van der Waals surface area contributed by atoms with E-state index in [2.05, 4.69) is 51.4 Å². The lowest BCUT2D eigenvalue weighted by Crippen LogP contribution is -2.31. The van der Waals surface area contributed by atoms with Crippen LogP contribution in [0.2, 0.25) is 0 Å². The SMILES string of the molecule is C[C@@H](NCc1ccc(Br)c2cccnc12)C1CCCC1. The molecule has 0 bridgehead atoms. The number of fused-ring (bicyclic) bond motifs is 1. The quantitative estimate of drug-likeness (QED) is 0.880. The van der Waals surface area contributed by atoms with Crippen LogP contribution in [0.25, 0.3) is 10.9 Å². The van der Waals surface area contributed by atoms with Gasteiger partial charge in [-0.25, -0.2) is 0 Å². The van der Waals surface area contributed by atoms with Gasteiger partial charge < -0.3 is 5.32 Å². The first-order valence-electron chi connectivity index (χ1n) is 7.51. The number of pyridine rings is 1. The van der Waals surface area contributed by atoms with Gasteiger partial charge in [-0.05, 0) is 43.4 Å². The van der Waals surface area contributed by atoms with Gasteiger partial charge in [-0.3, -0.25) is 4.98 Å². The molecule has 1 aromatic carbocycles. The normalized spacial score (nSPS) is 17.7. The lowest BCUT2D eigenvalue weighted by atomic mass is 9.99. The molecule has 1 N–H and O–H groups in total. The number of benzene rings is 1. The van der Waals surface area contributed by atoms with Gasteiger partial charge in [0.25, 0.3) is 0 Å². The van der Waals surface area contributed by atoms with Crippen LogP contribution in [0.15, 0.2) is 34.9 Å². The smallest absolute Gasteiger partial charge is 0.0758 e. The summed E-state index contributed by atoms with van der Waals surface area (Å²) in [7, 11) is 0. The summed E-state index contributed by atoms with van der Waals surface area (Å²) in [6, 6.07) is 9.01. The van der Waals surface area contributed by atoms with Crippen LogP contribution in [-0.2, 0) is 6.54 Å². The fraction of sp³-hybridized carbons (Fsp3) is 0.471. The summed E-state index contributed by atoms with van der Waals surface area (Å²) in [5, 5.41) is 4.89. The maximum absolute atomic E-state index is 4.55. The summed E-state index contributed by atoms with van der Waals surface area (Å²) in [5.41, 5.74) is 2.39. The summed E-state index contributed by atoms with van der Waals surface area (Å²) in [6.45, 7) is 3.23. The third-order valence-electron chi connectivity index (χ3n) is 4.52. The van der Waals surface area contributed by atoms with Crippen molar-refractivity contribution < 1.29 is 0 Å². The zero-order valence-corrected chi connectivity index (χ0v) is 13.5. The molecule has 1 aliphatic carbocycles. The highest BCUT2D eigenvalue weighted by Crippen LogP contribution is 2.28. The number of nitrogens with zero attached hydrogens (tertiary/aromatic N) is 1. The Bertz CT molecular complexity index is 591. The number of hydrogen-bond acceptors (Lipinski definition) is 2. The molecule has 2 nitrogen and oxygen atoms in total. The van der Waals surface area contributed by atoms with Crippen molar-refractivity contribution in [1.82, 2.24) is 10.3 Å². The second kappa shape index (κ2) is 6.23. The van der Waals surface area contributed by atoms with Gasteiger partial charge >= 0.3 is 0 Å². The van der Waals surface area contributed by atoms with E-state index in [1.165, 1.54) is 36.6 Å². The Balaban J connectivity index is 1.76. The average Bonchev–Trinajstić information content (AvgIpc) is 3.01. The third kappa shape index (κ3) is 2.89. The van der Waals surface area contributed by atoms with Gasteiger partial charge in [0, 0.05) is 28.6 Å². The van der Waals surface area contributed by atoms with Gasteiger partial charge in [0.2, 0.25) is 0 Å². The Hall–Kier alpha value is -0.930. The molecule has 1 atom stereocenters. The molecule has 106 valence electrons. The molecule has 3 heteroatoms. The molecule has 2 aromatic rings. The van der Waals surface area contributed by atoms with Crippen molar-refractivity contribution >= 4 is 26.8 Å². The van der Waals surface area contributed by atoms with Crippen LogP contribution in [0.5, 0.6) is 0 Å². The van der Waals surface area contributed by atoms with Gasteiger partial charge in [0.1, 0.15) is 0 Å². The number of hydrogen-bond donors (Lipinski definition) is 1. The first-order chi connectivity index (χ1) is 9.75. The van der Waals surface area contributed by atoms with Crippen LogP contribution < -0.4 is 5.32 Å². The maximum Gasteiger partial charge on any atom is 0.0758 e. The molecule has 1 aromatic heterocycles. The molecule has 0 unspecified atom stereocenters.